The second-order valence-electron chi connectivity index (χ2n) is 5.58. The summed E-state index contributed by atoms with van der Waals surface area (Å²) in [7, 11) is 0. The number of hydrogen-bond acceptors (Lipinski definition) is 4. The van der Waals surface area contributed by atoms with Gasteiger partial charge in [-0.15, -0.1) is 22.7 Å². The zero-order valence-corrected chi connectivity index (χ0v) is 14.3. The first kappa shape index (κ1) is 14.7. The van der Waals surface area contributed by atoms with Gasteiger partial charge < -0.3 is 5.32 Å². The third-order valence-electron chi connectivity index (χ3n) is 3.93. The lowest BCUT2D eigenvalue weighted by atomic mass is 10.00. The minimum atomic E-state index is -0.0465. The van der Waals surface area contributed by atoms with Gasteiger partial charge in [0.05, 0.1) is 5.54 Å². The first-order valence-corrected chi connectivity index (χ1v) is 8.95. The fourth-order valence-electron chi connectivity index (χ4n) is 2.37. The fourth-order valence-corrected chi connectivity index (χ4v) is 4.38. The summed E-state index contributed by atoms with van der Waals surface area (Å²) in [6.45, 7) is 7.41. The summed E-state index contributed by atoms with van der Waals surface area (Å²) >= 11 is 3.62. The number of benzene rings is 1. The summed E-state index contributed by atoms with van der Waals surface area (Å²) in [5, 5.41) is 8.36. The maximum atomic E-state index is 4.67. The van der Waals surface area contributed by atoms with Crippen LogP contribution in [0.5, 0.6) is 0 Å². The molecule has 0 aliphatic rings. The Hall–Kier alpha value is -1.23. The second kappa shape index (κ2) is 5.87. The van der Waals surface area contributed by atoms with E-state index in [4.69, 9.17) is 0 Å². The zero-order valence-electron chi connectivity index (χ0n) is 12.6. The minimum Gasteiger partial charge on any atom is -0.301 e. The Bertz CT molecular complexity index is 711. The first-order chi connectivity index (χ1) is 10.1. The van der Waals surface area contributed by atoms with Gasteiger partial charge in [-0.3, -0.25) is 0 Å². The molecule has 3 rings (SSSR count). The molecule has 0 spiro atoms. The molecule has 2 aromatic heterocycles. The van der Waals surface area contributed by atoms with Crippen molar-refractivity contribution in [1.29, 1.82) is 0 Å². The molecule has 2 heterocycles. The number of nitrogens with zero attached hydrogens (tertiary/aromatic N) is 1. The fraction of sp³-hybridized carbons (Fsp3) is 0.353. The van der Waals surface area contributed by atoms with Gasteiger partial charge >= 0.3 is 0 Å². The van der Waals surface area contributed by atoms with Crippen LogP contribution in [0.4, 0.5) is 0 Å². The summed E-state index contributed by atoms with van der Waals surface area (Å²) in [6.07, 6.45) is 1.03. The maximum Gasteiger partial charge on any atom is 0.113 e. The van der Waals surface area contributed by atoms with Gasteiger partial charge in [-0.2, -0.15) is 0 Å². The molecule has 0 bridgehead atoms. The first-order valence-electron chi connectivity index (χ1n) is 7.26. The summed E-state index contributed by atoms with van der Waals surface area (Å²) in [6, 6.07) is 10.9. The number of thiophene rings is 1. The third-order valence-corrected chi connectivity index (χ3v) is 6.27. The Morgan fingerprint density at radius 3 is 2.76 bits per heavy atom. The summed E-state index contributed by atoms with van der Waals surface area (Å²) in [5.41, 5.74) is 1.06. The number of fused-ring (bicyclic) bond motifs is 1. The van der Waals surface area contributed by atoms with Gasteiger partial charge in [0.1, 0.15) is 5.01 Å². The zero-order chi connectivity index (χ0) is 14.9. The molecule has 0 amide bonds. The standard InChI is InChI=1S/C17H20N2S2/c1-4-17(3,16-19-12(2)11-20-16)18-10-14-9-13-7-5-6-8-15(13)21-14/h5-9,11,18H,4,10H2,1-3H3/t17-/m0/s1. The highest BCUT2D eigenvalue weighted by Gasteiger charge is 2.27. The van der Waals surface area contributed by atoms with Crippen LogP contribution in [-0.2, 0) is 12.1 Å². The normalized spacial score (nSPS) is 14.4. The summed E-state index contributed by atoms with van der Waals surface area (Å²) in [5.74, 6) is 0. The molecule has 0 aliphatic carbocycles. The quantitative estimate of drug-likeness (QED) is 0.710. The highest BCUT2D eigenvalue weighted by Crippen LogP contribution is 2.30. The van der Waals surface area contributed by atoms with Crippen molar-refractivity contribution < 1.29 is 0 Å². The van der Waals surface area contributed by atoms with E-state index in [1.807, 2.05) is 11.3 Å². The number of hydrogen-bond donors (Lipinski definition) is 1. The number of aryl methyl sites for hydroxylation is 1. The molecule has 0 saturated carbocycles. The summed E-state index contributed by atoms with van der Waals surface area (Å²) in [4.78, 5) is 6.05. The van der Waals surface area contributed by atoms with Gasteiger partial charge in [0, 0.05) is 27.2 Å². The molecular formula is C17H20N2S2. The smallest absolute Gasteiger partial charge is 0.113 e. The summed E-state index contributed by atoms with van der Waals surface area (Å²) < 4.78 is 1.36. The molecule has 0 unspecified atom stereocenters. The molecule has 1 aromatic carbocycles. The molecule has 3 aromatic rings. The van der Waals surface area contributed by atoms with Crippen LogP contribution >= 0.6 is 22.7 Å². The van der Waals surface area contributed by atoms with E-state index < -0.39 is 0 Å². The molecule has 0 saturated heterocycles. The van der Waals surface area contributed by atoms with Crippen molar-refractivity contribution in [3.63, 3.8) is 0 Å². The second-order valence-corrected chi connectivity index (χ2v) is 7.61. The average Bonchev–Trinajstić information content (AvgIpc) is 3.10. The SMILES string of the molecule is CC[C@](C)(NCc1cc2ccccc2s1)c1nc(C)cs1. The lowest BCUT2D eigenvalue weighted by Gasteiger charge is -2.27. The van der Waals surface area contributed by atoms with Crippen molar-refractivity contribution in [2.45, 2.75) is 39.3 Å². The molecule has 0 aliphatic heterocycles. The van der Waals surface area contributed by atoms with Crippen LogP contribution in [0.3, 0.4) is 0 Å². The largest absolute Gasteiger partial charge is 0.301 e. The lowest BCUT2D eigenvalue weighted by molar-refractivity contribution is 0.350. The molecule has 110 valence electrons. The Labute approximate surface area is 133 Å². The van der Waals surface area contributed by atoms with Crippen LogP contribution in [0.25, 0.3) is 10.1 Å². The van der Waals surface area contributed by atoms with Gasteiger partial charge in [0.25, 0.3) is 0 Å². The van der Waals surface area contributed by atoms with Crippen LogP contribution in [0.1, 0.15) is 35.8 Å². The molecule has 21 heavy (non-hydrogen) atoms. The molecule has 1 atom stereocenters. The monoisotopic (exact) mass is 316 g/mol. The Balaban J connectivity index is 1.78. The topological polar surface area (TPSA) is 24.9 Å². The number of rotatable bonds is 5. The third kappa shape index (κ3) is 3.03. The Morgan fingerprint density at radius 1 is 1.29 bits per heavy atom. The van der Waals surface area contributed by atoms with E-state index in [0.29, 0.717) is 0 Å². The van der Waals surface area contributed by atoms with E-state index in [2.05, 4.69) is 66.8 Å². The highest BCUT2D eigenvalue weighted by molar-refractivity contribution is 7.19. The molecule has 0 radical (unpaired) electrons. The predicted octanol–water partition coefficient (Wildman–Crippen LogP) is 5.08. The molecule has 1 N–H and O–H groups in total. The minimum absolute atomic E-state index is 0.0465. The van der Waals surface area contributed by atoms with Crippen molar-refractivity contribution in [2.24, 2.45) is 0 Å². The molecule has 2 nitrogen and oxygen atoms in total. The van der Waals surface area contributed by atoms with E-state index in [1.165, 1.54) is 20.0 Å². The molecular weight excluding hydrogens is 296 g/mol. The van der Waals surface area contributed by atoms with Gasteiger partial charge in [-0.05, 0) is 37.8 Å². The van der Waals surface area contributed by atoms with Crippen LogP contribution in [0.15, 0.2) is 35.7 Å². The number of nitrogens with one attached hydrogen (secondary N) is 1. The molecule has 4 heteroatoms. The average molecular weight is 316 g/mol. The molecule has 0 fully saturated rings. The van der Waals surface area contributed by atoms with E-state index in [-0.39, 0.29) is 5.54 Å². The van der Waals surface area contributed by atoms with Gasteiger partial charge in [-0.25, -0.2) is 4.98 Å². The predicted molar refractivity (Wildman–Crippen MR) is 93.2 cm³/mol. The highest BCUT2D eigenvalue weighted by atomic mass is 32.1. The lowest BCUT2D eigenvalue weighted by Crippen LogP contribution is -2.38. The van der Waals surface area contributed by atoms with Crippen molar-refractivity contribution in [2.75, 3.05) is 0 Å². The van der Waals surface area contributed by atoms with Gasteiger partial charge in [0.2, 0.25) is 0 Å². The Kier molecular flexibility index (Phi) is 4.11. The van der Waals surface area contributed by atoms with Crippen LogP contribution < -0.4 is 5.32 Å². The van der Waals surface area contributed by atoms with Crippen LogP contribution in [0.2, 0.25) is 0 Å². The van der Waals surface area contributed by atoms with Crippen molar-refractivity contribution in [3.05, 3.63) is 51.3 Å². The van der Waals surface area contributed by atoms with Crippen molar-refractivity contribution in [3.8, 4) is 0 Å². The van der Waals surface area contributed by atoms with Crippen molar-refractivity contribution >= 4 is 32.8 Å². The number of thiazole rings is 1. The van der Waals surface area contributed by atoms with Gasteiger partial charge in [0.15, 0.2) is 0 Å². The van der Waals surface area contributed by atoms with E-state index in [0.717, 1.165) is 18.7 Å². The number of aromatic nitrogens is 1. The Morgan fingerprint density at radius 2 is 2.10 bits per heavy atom. The van der Waals surface area contributed by atoms with Crippen LogP contribution in [0, 0.1) is 6.92 Å². The maximum absolute atomic E-state index is 4.67. The van der Waals surface area contributed by atoms with E-state index in [1.54, 1.807) is 11.3 Å². The van der Waals surface area contributed by atoms with Gasteiger partial charge in [-0.1, -0.05) is 25.1 Å². The van der Waals surface area contributed by atoms with E-state index in [9.17, 15) is 0 Å². The van der Waals surface area contributed by atoms with Crippen LogP contribution in [-0.4, -0.2) is 4.98 Å². The van der Waals surface area contributed by atoms with Crippen molar-refractivity contribution in [1.82, 2.24) is 10.3 Å². The van der Waals surface area contributed by atoms with E-state index >= 15 is 0 Å².